The summed E-state index contributed by atoms with van der Waals surface area (Å²) in [6.07, 6.45) is 2.46. The van der Waals surface area contributed by atoms with E-state index in [2.05, 4.69) is 5.10 Å². The Morgan fingerprint density at radius 2 is 1.71 bits per heavy atom. The third kappa shape index (κ3) is 2.84. The number of nitrogens with zero attached hydrogens (tertiary/aromatic N) is 2. The molecule has 0 atom stereocenters. The van der Waals surface area contributed by atoms with Crippen LogP contribution in [0.3, 0.4) is 0 Å². The first-order valence-electron chi connectivity index (χ1n) is 6.24. The summed E-state index contributed by atoms with van der Waals surface area (Å²) in [7, 11) is 0. The lowest BCUT2D eigenvalue weighted by Crippen LogP contribution is -1.94. The molecule has 2 aromatic carbocycles. The molecule has 3 aromatic rings. The lowest BCUT2D eigenvalue weighted by molar-refractivity contribution is 0.112. The van der Waals surface area contributed by atoms with Crippen LogP contribution < -0.4 is 0 Å². The summed E-state index contributed by atoms with van der Waals surface area (Å²) < 4.78 is 1.63. The molecule has 0 amide bonds. The Labute approximate surface area is 131 Å². The van der Waals surface area contributed by atoms with Crippen molar-refractivity contribution in [1.82, 2.24) is 9.78 Å². The topological polar surface area (TPSA) is 34.9 Å². The first-order valence-corrected chi connectivity index (χ1v) is 7.00. The minimum absolute atomic E-state index is 0.497. The van der Waals surface area contributed by atoms with Crippen LogP contribution in [0.5, 0.6) is 0 Å². The Hall–Kier alpha value is -2.10. The first kappa shape index (κ1) is 13.9. The van der Waals surface area contributed by atoms with E-state index in [1.54, 1.807) is 35.1 Å². The lowest BCUT2D eigenvalue weighted by atomic mass is 10.1. The molecule has 0 saturated heterocycles. The van der Waals surface area contributed by atoms with Gasteiger partial charge in [0.2, 0.25) is 0 Å². The van der Waals surface area contributed by atoms with Gasteiger partial charge in [-0.3, -0.25) is 4.79 Å². The third-order valence-corrected chi connectivity index (χ3v) is 3.51. The smallest absolute Gasteiger partial charge is 0.153 e. The fourth-order valence-electron chi connectivity index (χ4n) is 2.08. The van der Waals surface area contributed by atoms with E-state index in [-0.39, 0.29) is 0 Å². The van der Waals surface area contributed by atoms with Gasteiger partial charge in [0.05, 0.1) is 11.3 Å². The minimum Gasteiger partial charge on any atom is -0.298 e. The molecule has 0 unspecified atom stereocenters. The highest BCUT2D eigenvalue weighted by atomic mass is 35.5. The van der Waals surface area contributed by atoms with E-state index in [1.807, 2.05) is 24.3 Å². The molecule has 0 N–H and O–H groups in total. The van der Waals surface area contributed by atoms with E-state index in [4.69, 9.17) is 23.2 Å². The average molecular weight is 317 g/mol. The van der Waals surface area contributed by atoms with E-state index >= 15 is 0 Å². The van der Waals surface area contributed by atoms with Gasteiger partial charge >= 0.3 is 0 Å². The highest BCUT2D eigenvalue weighted by molar-refractivity contribution is 6.31. The van der Waals surface area contributed by atoms with Crippen LogP contribution in [-0.2, 0) is 0 Å². The number of carbonyl (C=O) groups excluding carboxylic acids is 1. The molecule has 21 heavy (non-hydrogen) atoms. The van der Waals surface area contributed by atoms with E-state index < -0.39 is 0 Å². The lowest BCUT2D eigenvalue weighted by Gasteiger charge is -2.01. The van der Waals surface area contributed by atoms with Crippen molar-refractivity contribution in [1.29, 1.82) is 0 Å². The molecule has 0 saturated carbocycles. The zero-order valence-corrected chi connectivity index (χ0v) is 12.3. The number of carbonyl (C=O) groups is 1. The van der Waals surface area contributed by atoms with Crippen molar-refractivity contribution < 1.29 is 4.79 Å². The van der Waals surface area contributed by atoms with Gasteiger partial charge in [-0.1, -0.05) is 41.4 Å². The monoisotopic (exact) mass is 316 g/mol. The molecular weight excluding hydrogens is 307 g/mol. The van der Waals surface area contributed by atoms with E-state index in [1.165, 1.54) is 0 Å². The number of benzene rings is 2. The normalized spacial score (nSPS) is 10.6. The molecule has 0 aliphatic carbocycles. The third-order valence-electron chi connectivity index (χ3n) is 3.04. The minimum atomic E-state index is 0.497. The van der Waals surface area contributed by atoms with Crippen LogP contribution in [0.1, 0.15) is 10.4 Å². The van der Waals surface area contributed by atoms with Gasteiger partial charge in [0.1, 0.15) is 5.69 Å². The van der Waals surface area contributed by atoms with Crippen molar-refractivity contribution >= 4 is 29.5 Å². The van der Waals surface area contributed by atoms with Crippen LogP contribution in [0.4, 0.5) is 0 Å². The molecule has 104 valence electrons. The summed E-state index contributed by atoms with van der Waals surface area (Å²) in [6, 6.07) is 14.5. The van der Waals surface area contributed by atoms with Crippen molar-refractivity contribution in [2.75, 3.05) is 0 Å². The number of aldehydes is 1. The van der Waals surface area contributed by atoms with Gasteiger partial charge < -0.3 is 0 Å². The van der Waals surface area contributed by atoms with Gasteiger partial charge in [-0.2, -0.15) is 5.10 Å². The van der Waals surface area contributed by atoms with E-state index in [0.29, 0.717) is 21.3 Å². The quantitative estimate of drug-likeness (QED) is 0.659. The molecule has 3 rings (SSSR count). The number of aromatic nitrogens is 2. The maximum absolute atomic E-state index is 11.3. The highest BCUT2D eigenvalue weighted by Crippen LogP contribution is 2.25. The SMILES string of the molecule is O=Cc1cn(-c2cccc(Cl)c2)nc1-c1cccc(Cl)c1. The zero-order chi connectivity index (χ0) is 14.8. The molecule has 0 spiro atoms. The van der Waals surface area contributed by atoms with Gasteiger partial charge in [0.15, 0.2) is 6.29 Å². The Kier molecular flexibility index (Phi) is 3.78. The molecule has 3 nitrogen and oxygen atoms in total. The molecule has 1 heterocycles. The van der Waals surface area contributed by atoms with Crippen LogP contribution in [-0.4, -0.2) is 16.1 Å². The molecule has 0 radical (unpaired) electrons. The van der Waals surface area contributed by atoms with E-state index in [0.717, 1.165) is 17.5 Å². The van der Waals surface area contributed by atoms with Crippen molar-refractivity contribution in [2.24, 2.45) is 0 Å². The van der Waals surface area contributed by atoms with Gasteiger partial charge in [0.25, 0.3) is 0 Å². The molecule has 0 fully saturated rings. The summed E-state index contributed by atoms with van der Waals surface area (Å²) in [5.74, 6) is 0. The fraction of sp³-hybridized carbons (Fsp3) is 0. The summed E-state index contributed by atoms with van der Waals surface area (Å²) in [5, 5.41) is 5.68. The van der Waals surface area contributed by atoms with E-state index in [9.17, 15) is 4.79 Å². The van der Waals surface area contributed by atoms with Crippen molar-refractivity contribution in [3.8, 4) is 16.9 Å². The Balaban J connectivity index is 2.13. The van der Waals surface area contributed by atoms with Gasteiger partial charge in [-0.15, -0.1) is 0 Å². The maximum Gasteiger partial charge on any atom is 0.153 e. The molecule has 0 bridgehead atoms. The Morgan fingerprint density at radius 1 is 1.00 bits per heavy atom. The molecule has 5 heteroatoms. The predicted octanol–water partition coefficient (Wildman–Crippen LogP) is 4.66. The fourth-order valence-corrected chi connectivity index (χ4v) is 2.46. The van der Waals surface area contributed by atoms with Crippen molar-refractivity contribution in [3.05, 3.63) is 70.3 Å². The average Bonchev–Trinajstić information content (AvgIpc) is 2.91. The first-order chi connectivity index (χ1) is 10.2. The summed E-state index contributed by atoms with van der Waals surface area (Å²) in [5.41, 5.74) is 2.67. The zero-order valence-electron chi connectivity index (χ0n) is 10.8. The molecular formula is C16H10Cl2N2O. The number of rotatable bonds is 3. The van der Waals surface area contributed by atoms with Crippen molar-refractivity contribution in [3.63, 3.8) is 0 Å². The predicted molar refractivity (Wildman–Crippen MR) is 84.4 cm³/mol. The van der Waals surface area contributed by atoms with Crippen LogP contribution in [0.25, 0.3) is 16.9 Å². The largest absolute Gasteiger partial charge is 0.298 e. The van der Waals surface area contributed by atoms with Gasteiger partial charge in [0, 0.05) is 21.8 Å². The standard InChI is InChI=1S/C16H10Cl2N2O/c17-13-4-1-3-11(7-13)16-12(10-21)9-20(19-16)15-6-2-5-14(18)8-15/h1-10H. The second-order valence-corrected chi connectivity index (χ2v) is 5.36. The molecule has 0 aliphatic rings. The maximum atomic E-state index is 11.3. The number of halogens is 2. The number of hydrogen-bond donors (Lipinski definition) is 0. The Bertz CT molecular complexity index is 812. The number of hydrogen-bond acceptors (Lipinski definition) is 2. The summed E-state index contributed by atoms with van der Waals surface area (Å²) in [6.45, 7) is 0. The Morgan fingerprint density at radius 3 is 2.38 bits per heavy atom. The van der Waals surface area contributed by atoms with Gasteiger partial charge in [-0.25, -0.2) is 4.68 Å². The summed E-state index contributed by atoms with van der Waals surface area (Å²) >= 11 is 12.0. The second kappa shape index (κ2) is 5.72. The molecule has 1 aromatic heterocycles. The van der Waals surface area contributed by atoms with Crippen molar-refractivity contribution in [2.45, 2.75) is 0 Å². The summed E-state index contributed by atoms with van der Waals surface area (Å²) in [4.78, 5) is 11.3. The van der Waals surface area contributed by atoms with Crippen LogP contribution in [0.2, 0.25) is 10.0 Å². The van der Waals surface area contributed by atoms with Crippen LogP contribution >= 0.6 is 23.2 Å². The second-order valence-electron chi connectivity index (χ2n) is 4.49. The molecule has 0 aliphatic heterocycles. The van der Waals surface area contributed by atoms with Crippen LogP contribution in [0.15, 0.2) is 54.7 Å². The van der Waals surface area contributed by atoms with Gasteiger partial charge in [-0.05, 0) is 30.3 Å². The van der Waals surface area contributed by atoms with Crippen LogP contribution in [0, 0.1) is 0 Å². The highest BCUT2D eigenvalue weighted by Gasteiger charge is 2.12.